The van der Waals surface area contributed by atoms with Crippen molar-refractivity contribution in [2.45, 2.75) is 13.0 Å². The highest BCUT2D eigenvalue weighted by atomic mass is 32.1. The molecule has 1 aromatic carbocycles. The lowest BCUT2D eigenvalue weighted by Gasteiger charge is -2.22. The molecule has 0 saturated carbocycles. The molecule has 1 aromatic heterocycles. The van der Waals surface area contributed by atoms with Crippen LogP contribution in [-0.4, -0.2) is 51.6 Å². The van der Waals surface area contributed by atoms with E-state index in [9.17, 15) is 9.59 Å². The van der Waals surface area contributed by atoms with Crippen LogP contribution in [0.3, 0.4) is 0 Å². The highest BCUT2D eigenvalue weighted by Crippen LogP contribution is 2.42. The van der Waals surface area contributed by atoms with Crippen LogP contribution in [0.1, 0.15) is 12.0 Å². The van der Waals surface area contributed by atoms with Crippen molar-refractivity contribution in [3.63, 3.8) is 0 Å². The molecule has 0 unspecified atom stereocenters. The van der Waals surface area contributed by atoms with Gasteiger partial charge in [-0.2, -0.15) is 11.3 Å². The molecule has 2 heterocycles. The number of amides is 2. The maximum Gasteiger partial charge on any atom is 0.228 e. The van der Waals surface area contributed by atoms with Gasteiger partial charge in [0.05, 0.1) is 32.9 Å². The SMILES string of the molecule is COc1cc(N2C[C@@H](C(=O)N(C)Cc3ccsc3)CC2=O)cc(OC)c1OC. The van der Waals surface area contributed by atoms with Crippen LogP contribution < -0.4 is 19.1 Å². The van der Waals surface area contributed by atoms with Crippen molar-refractivity contribution in [1.82, 2.24) is 4.90 Å². The van der Waals surface area contributed by atoms with Gasteiger partial charge in [0.15, 0.2) is 11.5 Å². The van der Waals surface area contributed by atoms with Gasteiger partial charge >= 0.3 is 0 Å². The van der Waals surface area contributed by atoms with Crippen molar-refractivity contribution in [2.24, 2.45) is 5.92 Å². The molecule has 1 fully saturated rings. The van der Waals surface area contributed by atoms with Crippen molar-refractivity contribution in [1.29, 1.82) is 0 Å². The fraction of sp³-hybridized carbons (Fsp3) is 0.400. The first-order chi connectivity index (χ1) is 13.5. The lowest BCUT2D eigenvalue weighted by Crippen LogP contribution is -2.34. The zero-order chi connectivity index (χ0) is 20.3. The summed E-state index contributed by atoms with van der Waals surface area (Å²) in [6, 6.07) is 5.44. The molecule has 150 valence electrons. The van der Waals surface area contributed by atoms with Crippen LogP contribution in [0.2, 0.25) is 0 Å². The number of hydrogen-bond acceptors (Lipinski definition) is 6. The first kappa shape index (κ1) is 20.0. The maximum absolute atomic E-state index is 12.8. The van der Waals surface area contributed by atoms with Gasteiger partial charge in [0.2, 0.25) is 17.6 Å². The molecule has 28 heavy (non-hydrogen) atoms. The lowest BCUT2D eigenvalue weighted by atomic mass is 10.1. The molecule has 1 atom stereocenters. The number of carbonyl (C=O) groups is 2. The second-order valence-corrected chi connectivity index (χ2v) is 7.39. The van der Waals surface area contributed by atoms with E-state index in [-0.39, 0.29) is 24.2 Å². The van der Waals surface area contributed by atoms with Crippen LogP contribution >= 0.6 is 11.3 Å². The molecule has 0 aliphatic carbocycles. The van der Waals surface area contributed by atoms with Crippen molar-refractivity contribution in [3.8, 4) is 17.2 Å². The predicted molar refractivity (Wildman–Crippen MR) is 107 cm³/mol. The highest BCUT2D eigenvalue weighted by Gasteiger charge is 2.37. The summed E-state index contributed by atoms with van der Waals surface area (Å²) in [4.78, 5) is 28.7. The topological polar surface area (TPSA) is 68.3 Å². The van der Waals surface area contributed by atoms with Gasteiger partial charge in [-0.3, -0.25) is 9.59 Å². The summed E-state index contributed by atoms with van der Waals surface area (Å²) in [6.07, 6.45) is 0.184. The normalized spacial score (nSPS) is 16.2. The number of hydrogen-bond donors (Lipinski definition) is 0. The summed E-state index contributed by atoms with van der Waals surface area (Å²) in [5, 5.41) is 4.00. The third-order valence-corrected chi connectivity index (χ3v) is 5.54. The Morgan fingerprint density at radius 2 is 1.89 bits per heavy atom. The molecule has 3 rings (SSSR count). The van der Waals surface area contributed by atoms with Crippen molar-refractivity contribution in [2.75, 3.05) is 39.8 Å². The Bertz CT molecular complexity index is 827. The summed E-state index contributed by atoms with van der Waals surface area (Å²) in [5.41, 5.74) is 1.71. The van der Waals surface area contributed by atoms with Crippen molar-refractivity contribution >= 4 is 28.8 Å². The Morgan fingerprint density at radius 1 is 1.21 bits per heavy atom. The van der Waals surface area contributed by atoms with E-state index in [2.05, 4.69) is 0 Å². The highest BCUT2D eigenvalue weighted by molar-refractivity contribution is 7.07. The average molecular weight is 404 g/mol. The third kappa shape index (κ3) is 3.91. The molecule has 2 amide bonds. The first-order valence-corrected chi connectivity index (χ1v) is 9.79. The van der Waals surface area contributed by atoms with Crippen molar-refractivity contribution < 1.29 is 23.8 Å². The monoisotopic (exact) mass is 404 g/mol. The maximum atomic E-state index is 12.8. The van der Waals surface area contributed by atoms with E-state index in [4.69, 9.17) is 14.2 Å². The Hall–Kier alpha value is -2.74. The number of methoxy groups -OCH3 is 3. The molecule has 1 aliphatic rings. The summed E-state index contributed by atoms with van der Waals surface area (Å²) >= 11 is 1.60. The minimum absolute atomic E-state index is 0.0329. The zero-order valence-corrected chi connectivity index (χ0v) is 17.2. The van der Waals surface area contributed by atoms with E-state index in [0.29, 0.717) is 36.0 Å². The largest absolute Gasteiger partial charge is 0.493 e. The van der Waals surface area contributed by atoms with E-state index in [1.165, 1.54) is 21.3 Å². The molecule has 8 heteroatoms. The quantitative estimate of drug-likeness (QED) is 0.710. The van der Waals surface area contributed by atoms with Gasteiger partial charge in [0, 0.05) is 38.7 Å². The standard InChI is InChI=1S/C20H24N2O5S/c1-21(10-13-5-6-28-12-13)20(24)14-7-18(23)22(11-14)15-8-16(25-2)19(27-4)17(9-15)26-3/h5-6,8-9,12,14H,7,10-11H2,1-4H3/t14-/m0/s1. The Kier molecular flexibility index (Phi) is 6.08. The minimum atomic E-state index is -0.379. The van der Waals surface area contributed by atoms with Gasteiger partial charge in [-0.05, 0) is 22.4 Å². The summed E-state index contributed by atoms with van der Waals surface area (Å²) in [6.45, 7) is 0.863. The summed E-state index contributed by atoms with van der Waals surface area (Å²) in [5.74, 6) is 0.882. The Labute approximate surface area is 168 Å². The molecule has 0 bridgehead atoms. The van der Waals surface area contributed by atoms with E-state index in [1.54, 1.807) is 40.3 Å². The smallest absolute Gasteiger partial charge is 0.228 e. The summed E-state index contributed by atoms with van der Waals surface area (Å²) < 4.78 is 16.1. The van der Waals surface area contributed by atoms with Crippen molar-refractivity contribution in [3.05, 3.63) is 34.5 Å². The van der Waals surface area contributed by atoms with Crippen LogP contribution in [0.25, 0.3) is 0 Å². The van der Waals surface area contributed by atoms with Gasteiger partial charge in [0.25, 0.3) is 0 Å². The lowest BCUT2D eigenvalue weighted by molar-refractivity contribution is -0.135. The number of nitrogens with zero attached hydrogens (tertiary/aromatic N) is 2. The molecule has 1 aliphatic heterocycles. The molecule has 2 aromatic rings. The van der Waals surface area contributed by atoms with Gasteiger partial charge in [-0.25, -0.2) is 0 Å². The second kappa shape index (κ2) is 8.52. The Balaban J connectivity index is 1.78. The molecule has 1 saturated heterocycles. The fourth-order valence-corrected chi connectivity index (χ4v) is 4.05. The van der Waals surface area contributed by atoms with E-state index in [1.807, 2.05) is 16.8 Å². The van der Waals surface area contributed by atoms with Gasteiger partial charge < -0.3 is 24.0 Å². The van der Waals surface area contributed by atoms with Crippen LogP contribution in [0.15, 0.2) is 29.0 Å². The summed E-state index contributed by atoms with van der Waals surface area (Å²) in [7, 11) is 6.35. The number of anilines is 1. The second-order valence-electron chi connectivity index (χ2n) is 6.61. The number of carbonyl (C=O) groups excluding carboxylic acids is 2. The van der Waals surface area contributed by atoms with E-state index in [0.717, 1.165) is 5.56 Å². The number of thiophene rings is 1. The van der Waals surface area contributed by atoms with E-state index < -0.39 is 0 Å². The third-order valence-electron chi connectivity index (χ3n) is 4.81. The van der Waals surface area contributed by atoms with E-state index >= 15 is 0 Å². The molecule has 0 spiro atoms. The molecular formula is C20H24N2O5S. The van der Waals surface area contributed by atoms with Crippen LogP contribution in [0.5, 0.6) is 17.2 Å². The number of rotatable bonds is 7. The first-order valence-electron chi connectivity index (χ1n) is 8.84. The van der Waals surface area contributed by atoms with Crippen LogP contribution in [-0.2, 0) is 16.1 Å². The van der Waals surface area contributed by atoms with Gasteiger partial charge in [-0.1, -0.05) is 0 Å². The molecule has 7 nitrogen and oxygen atoms in total. The zero-order valence-electron chi connectivity index (χ0n) is 16.4. The van der Waals surface area contributed by atoms with Gasteiger partial charge in [0.1, 0.15) is 0 Å². The molecule has 0 radical (unpaired) electrons. The Morgan fingerprint density at radius 3 is 2.43 bits per heavy atom. The molecular weight excluding hydrogens is 380 g/mol. The van der Waals surface area contributed by atoms with Gasteiger partial charge in [-0.15, -0.1) is 0 Å². The fourth-order valence-electron chi connectivity index (χ4n) is 3.39. The number of benzene rings is 1. The molecule has 0 N–H and O–H groups in total. The minimum Gasteiger partial charge on any atom is -0.493 e. The van der Waals surface area contributed by atoms with Crippen LogP contribution in [0, 0.1) is 5.92 Å². The van der Waals surface area contributed by atoms with Crippen LogP contribution in [0.4, 0.5) is 5.69 Å². The predicted octanol–water partition coefficient (Wildman–Crippen LogP) is 2.79. The average Bonchev–Trinajstić information content (AvgIpc) is 3.35. The number of ether oxygens (including phenoxy) is 3.